The zero-order valence-electron chi connectivity index (χ0n) is 19.3. The van der Waals surface area contributed by atoms with Crippen LogP contribution in [0, 0.1) is 23.7 Å². The number of rotatable bonds is 4. The molecule has 0 aromatic heterocycles. The lowest BCUT2D eigenvalue weighted by molar-refractivity contribution is 0.000521. The second-order valence-electron chi connectivity index (χ2n) is 10.3. The van der Waals surface area contributed by atoms with E-state index in [1.54, 1.807) is 6.08 Å². The molecule has 5 unspecified atom stereocenters. The first-order chi connectivity index (χ1) is 16.3. The number of nitrogens with zero attached hydrogens (tertiary/aromatic N) is 2. The van der Waals surface area contributed by atoms with Gasteiger partial charge in [0, 0.05) is 17.9 Å². The molecule has 0 amide bonds. The molecule has 4 heteroatoms. The molecular formula is C29H34N2O2. The van der Waals surface area contributed by atoms with Crippen LogP contribution in [0.1, 0.15) is 57.8 Å². The highest BCUT2D eigenvalue weighted by Crippen LogP contribution is 2.46. The maximum Gasteiger partial charge on any atom is 0.157 e. The molecular weight excluding hydrogens is 408 g/mol. The maximum absolute atomic E-state index is 10.6. The minimum Gasteiger partial charge on any atom is -0.508 e. The van der Waals surface area contributed by atoms with Gasteiger partial charge >= 0.3 is 0 Å². The first-order valence-electron chi connectivity index (χ1n) is 12.9. The molecule has 0 bridgehead atoms. The molecule has 33 heavy (non-hydrogen) atoms. The lowest BCUT2D eigenvalue weighted by atomic mass is 9.62. The van der Waals surface area contributed by atoms with E-state index in [1.807, 2.05) is 6.08 Å². The molecule has 1 saturated carbocycles. The van der Waals surface area contributed by atoms with E-state index in [9.17, 15) is 5.11 Å². The Bertz CT molecular complexity index is 1030. The van der Waals surface area contributed by atoms with Crippen molar-refractivity contribution in [3.8, 4) is 0 Å². The van der Waals surface area contributed by atoms with Gasteiger partial charge in [-0.2, -0.15) is 0 Å². The lowest BCUT2D eigenvalue weighted by Gasteiger charge is -2.42. The van der Waals surface area contributed by atoms with Gasteiger partial charge in [-0.1, -0.05) is 61.4 Å². The number of aliphatic hydroxyl groups excluding tert-OH is 1. The second kappa shape index (κ2) is 9.06. The third kappa shape index (κ3) is 4.14. The molecule has 6 rings (SSSR count). The zero-order valence-corrected chi connectivity index (χ0v) is 19.3. The number of fused-ring (bicyclic) bond motifs is 3. The fraction of sp³-hybridized carbons (Fsp3) is 0.517. The number of aliphatic hydroxyl groups is 1. The van der Waals surface area contributed by atoms with Crippen LogP contribution < -0.4 is 0 Å². The predicted octanol–water partition coefficient (Wildman–Crippen LogP) is 6.56. The van der Waals surface area contributed by atoms with E-state index in [1.165, 1.54) is 24.8 Å². The smallest absolute Gasteiger partial charge is 0.157 e. The molecule has 0 saturated heterocycles. The maximum atomic E-state index is 10.6. The SMILES string of the molecule is OC1=C(C2=NC(OC3CCCC3)CC(C3=CC4CCC=CC4C4C=CC=CC34)=N2)CCC=C1. The van der Waals surface area contributed by atoms with E-state index >= 15 is 0 Å². The van der Waals surface area contributed by atoms with Gasteiger partial charge in [0.05, 0.1) is 11.8 Å². The number of hydrogen-bond acceptors (Lipinski definition) is 4. The first kappa shape index (κ1) is 21.1. The van der Waals surface area contributed by atoms with Crippen LogP contribution in [-0.2, 0) is 4.74 Å². The normalized spacial score (nSPS) is 35.8. The highest BCUT2D eigenvalue weighted by molar-refractivity contribution is 6.14. The average Bonchev–Trinajstić information content (AvgIpc) is 3.36. The van der Waals surface area contributed by atoms with Gasteiger partial charge in [-0.3, -0.25) is 0 Å². The van der Waals surface area contributed by atoms with Crippen molar-refractivity contribution >= 4 is 11.5 Å². The van der Waals surface area contributed by atoms with Crippen LogP contribution in [0.2, 0.25) is 0 Å². The Kier molecular flexibility index (Phi) is 5.79. The largest absolute Gasteiger partial charge is 0.508 e. The number of ether oxygens (including phenoxy) is 1. The highest BCUT2D eigenvalue weighted by Gasteiger charge is 2.40. The van der Waals surface area contributed by atoms with Crippen molar-refractivity contribution in [1.29, 1.82) is 0 Å². The van der Waals surface area contributed by atoms with Gasteiger partial charge < -0.3 is 9.84 Å². The number of allylic oxidation sites excluding steroid dienone is 10. The van der Waals surface area contributed by atoms with Gasteiger partial charge in [0.25, 0.3) is 0 Å². The standard InChI is InChI=1S/C29H34N2O2/c32-27-16-8-7-15-24(27)29-30-26(18-28(31-29)33-20-10-2-3-11-20)25-17-19-9-1-4-12-21(19)22-13-5-6-14-23(22)25/h4-6,8,12-14,16-17,19-23,28,32H,1-3,7,9-11,15,18H2. The van der Waals surface area contributed by atoms with Crippen molar-refractivity contribution in [3.05, 3.63) is 71.6 Å². The molecule has 1 N–H and O–H groups in total. The van der Waals surface area contributed by atoms with Crippen molar-refractivity contribution in [2.75, 3.05) is 0 Å². The minimum atomic E-state index is -0.215. The Hall–Kier alpha value is -2.46. The van der Waals surface area contributed by atoms with Gasteiger partial charge in [0.2, 0.25) is 0 Å². The summed E-state index contributed by atoms with van der Waals surface area (Å²) in [5, 5.41) is 10.6. The quantitative estimate of drug-likeness (QED) is 0.501. The summed E-state index contributed by atoms with van der Waals surface area (Å²) in [5.41, 5.74) is 3.33. The predicted molar refractivity (Wildman–Crippen MR) is 133 cm³/mol. The van der Waals surface area contributed by atoms with Gasteiger partial charge in [0.15, 0.2) is 12.1 Å². The van der Waals surface area contributed by atoms with Crippen molar-refractivity contribution in [1.82, 2.24) is 0 Å². The molecule has 4 nitrogen and oxygen atoms in total. The second-order valence-corrected chi connectivity index (χ2v) is 10.3. The van der Waals surface area contributed by atoms with Gasteiger partial charge in [-0.05, 0) is 67.9 Å². The van der Waals surface area contributed by atoms with E-state index in [0.29, 0.717) is 41.4 Å². The number of aliphatic imine (C=N–C) groups is 2. The third-order valence-corrected chi connectivity index (χ3v) is 8.17. The van der Waals surface area contributed by atoms with E-state index in [4.69, 9.17) is 14.7 Å². The van der Waals surface area contributed by atoms with Crippen LogP contribution in [0.15, 0.2) is 81.6 Å². The highest BCUT2D eigenvalue weighted by atomic mass is 16.5. The van der Waals surface area contributed by atoms with E-state index in [2.05, 4.69) is 42.5 Å². The summed E-state index contributed by atoms with van der Waals surface area (Å²) < 4.78 is 6.51. The van der Waals surface area contributed by atoms with E-state index < -0.39 is 0 Å². The summed E-state index contributed by atoms with van der Waals surface area (Å²) in [6, 6.07) is 0. The van der Waals surface area contributed by atoms with Crippen molar-refractivity contribution < 1.29 is 9.84 Å². The molecule has 0 radical (unpaired) electrons. The molecule has 6 aliphatic rings. The lowest BCUT2D eigenvalue weighted by Crippen LogP contribution is -2.37. The van der Waals surface area contributed by atoms with Crippen molar-refractivity contribution in [2.24, 2.45) is 33.7 Å². The van der Waals surface area contributed by atoms with Crippen molar-refractivity contribution in [3.63, 3.8) is 0 Å². The van der Waals surface area contributed by atoms with Crippen LogP contribution >= 0.6 is 0 Å². The van der Waals surface area contributed by atoms with Crippen LogP contribution in [-0.4, -0.2) is 29.0 Å². The summed E-state index contributed by atoms with van der Waals surface area (Å²) in [4.78, 5) is 10.1. The molecule has 1 aliphatic heterocycles. The summed E-state index contributed by atoms with van der Waals surface area (Å²) in [6.45, 7) is 0. The first-order valence-corrected chi connectivity index (χ1v) is 12.9. The molecule has 0 aromatic rings. The van der Waals surface area contributed by atoms with E-state index in [0.717, 1.165) is 49.8 Å². The Morgan fingerprint density at radius 3 is 2.70 bits per heavy atom. The third-order valence-electron chi connectivity index (χ3n) is 8.17. The Morgan fingerprint density at radius 1 is 0.939 bits per heavy atom. The zero-order chi connectivity index (χ0) is 22.2. The van der Waals surface area contributed by atoms with Crippen LogP contribution in [0.5, 0.6) is 0 Å². The van der Waals surface area contributed by atoms with Gasteiger partial charge in [0.1, 0.15) is 5.76 Å². The Balaban J connectivity index is 1.38. The molecule has 1 fully saturated rings. The molecule has 5 atom stereocenters. The summed E-state index contributed by atoms with van der Waals surface area (Å²) in [5.74, 6) is 2.95. The Labute approximate surface area is 196 Å². The summed E-state index contributed by atoms with van der Waals surface area (Å²) in [6.07, 6.45) is 29.9. The summed E-state index contributed by atoms with van der Waals surface area (Å²) >= 11 is 0. The molecule has 1 heterocycles. The number of hydrogen-bond donors (Lipinski definition) is 1. The monoisotopic (exact) mass is 442 g/mol. The van der Waals surface area contributed by atoms with Crippen LogP contribution in [0.3, 0.4) is 0 Å². The van der Waals surface area contributed by atoms with Crippen LogP contribution in [0.25, 0.3) is 0 Å². The van der Waals surface area contributed by atoms with Gasteiger partial charge in [-0.25, -0.2) is 9.98 Å². The fourth-order valence-corrected chi connectivity index (χ4v) is 6.50. The Morgan fingerprint density at radius 2 is 1.82 bits per heavy atom. The molecule has 5 aliphatic carbocycles. The van der Waals surface area contributed by atoms with Crippen LogP contribution in [0.4, 0.5) is 0 Å². The van der Waals surface area contributed by atoms with Gasteiger partial charge in [-0.15, -0.1) is 0 Å². The topological polar surface area (TPSA) is 54.2 Å². The van der Waals surface area contributed by atoms with Crippen molar-refractivity contribution in [2.45, 2.75) is 70.1 Å². The molecule has 0 spiro atoms. The fourth-order valence-electron chi connectivity index (χ4n) is 6.50. The molecule has 0 aromatic carbocycles. The summed E-state index contributed by atoms with van der Waals surface area (Å²) in [7, 11) is 0. The minimum absolute atomic E-state index is 0.215. The van der Waals surface area contributed by atoms with E-state index in [-0.39, 0.29) is 6.23 Å². The number of amidine groups is 1. The average molecular weight is 443 g/mol. The molecule has 172 valence electrons.